The summed E-state index contributed by atoms with van der Waals surface area (Å²) in [5, 5.41) is 0.227. The average Bonchev–Trinajstić information content (AvgIpc) is 2.32. The minimum Gasteiger partial charge on any atom is -0.398 e. The minimum absolute atomic E-state index is 0.110. The molecule has 0 saturated heterocycles. The van der Waals surface area contributed by atoms with E-state index in [1.165, 1.54) is 18.2 Å². The van der Waals surface area contributed by atoms with Gasteiger partial charge in [-0.3, -0.25) is 0 Å². The van der Waals surface area contributed by atoms with Gasteiger partial charge < -0.3 is 5.73 Å². The van der Waals surface area contributed by atoms with Crippen LogP contribution in [0.2, 0.25) is 5.02 Å². The monoisotopic (exact) mass is 286 g/mol. The highest BCUT2D eigenvalue weighted by molar-refractivity contribution is 7.89. The largest absolute Gasteiger partial charge is 0.398 e. The lowest BCUT2D eigenvalue weighted by Crippen LogP contribution is -2.24. The number of anilines is 1. The summed E-state index contributed by atoms with van der Waals surface area (Å²) in [5.41, 5.74) is 5.87. The molecule has 0 spiro atoms. The molecule has 18 heavy (non-hydrogen) atoms. The number of nitrogen functional groups attached to an aromatic ring is 1. The zero-order valence-electron chi connectivity index (χ0n) is 9.82. The molecule has 3 N–H and O–H groups in total. The fourth-order valence-electron chi connectivity index (χ4n) is 1.32. The number of nitrogens with one attached hydrogen (secondary N) is 1. The van der Waals surface area contributed by atoms with Crippen LogP contribution in [-0.4, -0.2) is 15.0 Å². The second kappa shape index (κ2) is 6.64. The van der Waals surface area contributed by atoms with Gasteiger partial charge in [0.15, 0.2) is 0 Å². The Kier molecular flexibility index (Phi) is 5.48. The van der Waals surface area contributed by atoms with Gasteiger partial charge in [-0.2, -0.15) is 0 Å². The van der Waals surface area contributed by atoms with Crippen LogP contribution < -0.4 is 10.5 Å². The van der Waals surface area contributed by atoms with Crippen molar-refractivity contribution in [3.63, 3.8) is 0 Å². The molecule has 0 aromatic heterocycles. The maximum absolute atomic E-state index is 11.9. The Morgan fingerprint density at radius 2 is 2.11 bits per heavy atom. The molecule has 1 aromatic carbocycles. The molecule has 0 saturated carbocycles. The third-order valence-electron chi connectivity index (χ3n) is 2.32. The predicted octanol–water partition coefficient (Wildman–Crippen LogP) is 2.00. The van der Waals surface area contributed by atoms with Crippen LogP contribution in [0.15, 0.2) is 23.1 Å². The zero-order valence-corrected chi connectivity index (χ0v) is 11.4. The second-order valence-electron chi connectivity index (χ2n) is 3.74. The van der Waals surface area contributed by atoms with Gasteiger partial charge in [0.25, 0.3) is 0 Å². The lowest BCUT2D eigenvalue weighted by Gasteiger charge is -2.07. The molecule has 1 aromatic rings. The average molecular weight is 287 g/mol. The van der Waals surface area contributed by atoms with E-state index in [4.69, 9.17) is 23.8 Å². The fourth-order valence-corrected chi connectivity index (χ4v) is 2.66. The van der Waals surface area contributed by atoms with Gasteiger partial charge in [-0.1, -0.05) is 11.6 Å². The lowest BCUT2D eigenvalue weighted by atomic mass is 10.2. The van der Waals surface area contributed by atoms with E-state index in [2.05, 4.69) is 10.6 Å². The van der Waals surface area contributed by atoms with Crippen molar-refractivity contribution in [3.8, 4) is 12.3 Å². The van der Waals surface area contributed by atoms with Gasteiger partial charge in [-0.25, -0.2) is 13.1 Å². The highest BCUT2D eigenvalue weighted by atomic mass is 35.5. The van der Waals surface area contributed by atoms with Crippen LogP contribution in [0.4, 0.5) is 5.69 Å². The topological polar surface area (TPSA) is 72.2 Å². The summed E-state index contributed by atoms with van der Waals surface area (Å²) in [7, 11) is -3.53. The number of unbranched alkanes of at least 4 members (excludes halogenated alkanes) is 2. The molecule has 0 aliphatic rings. The lowest BCUT2D eigenvalue weighted by molar-refractivity contribution is 0.577. The standard InChI is InChI=1S/C12H15ClN2O2S/c1-2-3-4-5-8-15-18(16,17)10-6-7-12(14)11(13)9-10/h1,6-7,9,15H,3-5,8,14H2. The van der Waals surface area contributed by atoms with Gasteiger partial charge in [0.05, 0.1) is 15.6 Å². The predicted molar refractivity (Wildman–Crippen MR) is 73.7 cm³/mol. The van der Waals surface area contributed by atoms with E-state index in [0.717, 1.165) is 6.42 Å². The Morgan fingerprint density at radius 1 is 1.39 bits per heavy atom. The van der Waals surface area contributed by atoms with E-state index in [0.29, 0.717) is 25.1 Å². The van der Waals surface area contributed by atoms with Crippen molar-refractivity contribution in [3.05, 3.63) is 23.2 Å². The van der Waals surface area contributed by atoms with Crippen LogP contribution >= 0.6 is 11.6 Å². The van der Waals surface area contributed by atoms with Crippen LogP contribution in [0, 0.1) is 12.3 Å². The van der Waals surface area contributed by atoms with Crippen molar-refractivity contribution in [2.24, 2.45) is 0 Å². The number of sulfonamides is 1. The smallest absolute Gasteiger partial charge is 0.240 e. The summed E-state index contributed by atoms with van der Waals surface area (Å²) in [6.45, 7) is 0.353. The molecule has 0 amide bonds. The first-order valence-corrected chi connectivity index (χ1v) is 7.31. The normalized spacial score (nSPS) is 11.1. The van der Waals surface area contributed by atoms with Crippen LogP contribution in [-0.2, 0) is 10.0 Å². The molecule has 98 valence electrons. The summed E-state index contributed by atoms with van der Waals surface area (Å²) in [6, 6.07) is 4.22. The number of halogens is 1. The molecular weight excluding hydrogens is 272 g/mol. The van der Waals surface area contributed by atoms with E-state index >= 15 is 0 Å². The Hall–Kier alpha value is -1.22. The molecule has 0 radical (unpaired) electrons. The van der Waals surface area contributed by atoms with Gasteiger partial charge in [0.2, 0.25) is 10.0 Å². The van der Waals surface area contributed by atoms with E-state index in [1.54, 1.807) is 0 Å². The summed E-state index contributed by atoms with van der Waals surface area (Å²) in [4.78, 5) is 0.110. The Labute approximate surface area is 113 Å². The highest BCUT2D eigenvalue weighted by Crippen LogP contribution is 2.22. The molecule has 0 aliphatic carbocycles. The van der Waals surface area contributed by atoms with Gasteiger partial charge in [0, 0.05) is 13.0 Å². The first kappa shape index (κ1) is 14.8. The number of rotatable bonds is 6. The molecule has 0 aliphatic heterocycles. The van der Waals surface area contributed by atoms with E-state index in [-0.39, 0.29) is 9.92 Å². The number of hydrogen-bond acceptors (Lipinski definition) is 3. The van der Waals surface area contributed by atoms with E-state index in [9.17, 15) is 8.42 Å². The Bertz CT molecular complexity index is 550. The third kappa shape index (κ3) is 4.22. The van der Waals surface area contributed by atoms with Crippen molar-refractivity contribution in [1.29, 1.82) is 0 Å². The van der Waals surface area contributed by atoms with Crippen molar-refractivity contribution >= 4 is 27.3 Å². The van der Waals surface area contributed by atoms with Crippen molar-refractivity contribution < 1.29 is 8.42 Å². The maximum atomic E-state index is 11.9. The molecule has 1 rings (SSSR count). The summed E-state index contributed by atoms with van der Waals surface area (Å²) in [5.74, 6) is 2.50. The Balaban J connectivity index is 2.63. The molecular formula is C12H15ClN2O2S. The summed E-state index contributed by atoms with van der Waals surface area (Å²) < 4.78 is 26.2. The molecule has 0 unspecified atom stereocenters. The van der Waals surface area contributed by atoms with Gasteiger partial charge in [0.1, 0.15) is 0 Å². The molecule has 0 heterocycles. The maximum Gasteiger partial charge on any atom is 0.240 e. The number of terminal acetylenes is 1. The van der Waals surface area contributed by atoms with Crippen LogP contribution in [0.1, 0.15) is 19.3 Å². The summed E-state index contributed by atoms with van der Waals surface area (Å²) in [6.07, 6.45) is 7.25. The zero-order chi connectivity index (χ0) is 13.6. The first-order chi connectivity index (χ1) is 8.47. The SMILES string of the molecule is C#CCCCCNS(=O)(=O)c1ccc(N)c(Cl)c1. The molecule has 0 bridgehead atoms. The van der Waals surface area contributed by atoms with Crippen molar-refractivity contribution in [1.82, 2.24) is 4.72 Å². The van der Waals surface area contributed by atoms with E-state index in [1.807, 2.05) is 0 Å². The number of nitrogens with two attached hydrogens (primary N) is 1. The fraction of sp³-hybridized carbons (Fsp3) is 0.333. The number of hydrogen-bond donors (Lipinski definition) is 2. The molecule has 4 nitrogen and oxygen atoms in total. The van der Waals surface area contributed by atoms with Crippen molar-refractivity contribution in [2.75, 3.05) is 12.3 Å². The van der Waals surface area contributed by atoms with Gasteiger partial charge >= 0.3 is 0 Å². The Morgan fingerprint density at radius 3 is 2.72 bits per heavy atom. The second-order valence-corrected chi connectivity index (χ2v) is 5.92. The molecule has 0 atom stereocenters. The van der Waals surface area contributed by atoms with Gasteiger partial charge in [-0.15, -0.1) is 12.3 Å². The van der Waals surface area contributed by atoms with Gasteiger partial charge in [-0.05, 0) is 31.0 Å². The molecule has 6 heteroatoms. The number of benzene rings is 1. The third-order valence-corrected chi connectivity index (χ3v) is 4.11. The molecule has 0 fully saturated rings. The van der Waals surface area contributed by atoms with Crippen LogP contribution in [0.5, 0.6) is 0 Å². The van der Waals surface area contributed by atoms with Crippen molar-refractivity contribution in [2.45, 2.75) is 24.2 Å². The van der Waals surface area contributed by atoms with E-state index < -0.39 is 10.0 Å². The van der Waals surface area contributed by atoms with Crippen LogP contribution in [0.25, 0.3) is 0 Å². The summed E-state index contributed by atoms with van der Waals surface area (Å²) >= 11 is 5.78. The quantitative estimate of drug-likeness (QED) is 0.477. The minimum atomic E-state index is -3.53. The highest BCUT2D eigenvalue weighted by Gasteiger charge is 2.14. The first-order valence-electron chi connectivity index (χ1n) is 5.45. The van der Waals surface area contributed by atoms with Crippen LogP contribution in [0.3, 0.4) is 0 Å².